The molecule has 0 bridgehead atoms. The van der Waals surface area contributed by atoms with Crippen LogP contribution in [0, 0.1) is 0 Å². The summed E-state index contributed by atoms with van der Waals surface area (Å²) in [4.78, 5) is 0. The van der Waals surface area contributed by atoms with Crippen molar-refractivity contribution < 1.29 is 4.74 Å². The highest BCUT2D eigenvalue weighted by atomic mass is 35.5. The van der Waals surface area contributed by atoms with Gasteiger partial charge in [-0.25, -0.2) is 0 Å². The van der Waals surface area contributed by atoms with Crippen LogP contribution < -0.4 is 5.32 Å². The molecule has 2 aromatic carbocycles. The minimum absolute atomic E-state index is 0.0427. The molecule has 0 saturated carbocycles. The largest absolute Gasteiger partial charge is 0.367 e. The molecule has 1 N–H and O–H groups in total. The molecule has 0 fully saturated rings. The molecule has 3 heteroatoms. The third-order valence-corrected chi connectivity index (χ3v) is 3.28. The number of likely N-dealkylation sites (N-methyl/N-ethyl adjacent to an activating group) is 1. The second-order valence-corrected chi connectivity index (χ2v) is 4.77. The molecule has 0 aromatic heterocycles. The van der Waals surface area contributed by atoms with Crippen LogP contribution in [0.5, 0.6) is 0 Å². The van der Waals surface area contributed by atoms with Gasteiger partial charge < -0.3 is 10.1 Å². The number of ether oxygens (including phenoxy) is 1. The fourth-order valence-electron chi connectivity index (χ4n) is 1.95. The first-order chi connectivity index (χ1) is 9.31. The Balaban J connectivity index is 2.07. The lowest BCUT2D eigenvalue weighted by molar-refractivity contribution is 0.0411. The second kappa shape index (κ2) is 7.29. The standard InChI is InChI=1S/C16H18ClNO/c1-18-11-16(14-9-5-6-10-15(14)17)19-12-13-7-3-2-4-8-13/h2-10,16,18H,11-12H2,1H3. The van der Waals surface area contributed by atoms with Crippen LogP contribution in [0.3, 0.4) is 0 Å². The highest BCUT2D eigenvalue weighted by Crippen LogP contribution is 2.25. The van der Waals surface area contributed by atoms with Gasteiger partial charge in [-0.05, 0) is 18.7 Å². The van der Waals surface area contributed by atoms with Crippen LogP contribution in [0.2, 0.25) is 5.02 Å². The van der Waals surface area contributed by atoms with Crippen LogP contribution >= 0.6 is 11.6 Å². The van der Waals surface area contributed by atoms with Crippen molar-refractivity contribution in [2.24, 2.45) is 0 Å². The number of rotatable bonds is 6. The highest BCUT2D eigenvalue weighted by molar-refractivity contribution is 6.31. The summed E-state index contributed by atoms with van der Waals surface area (Å²) in [6.07, 6.45) is -0.0427. The van der Waals surface area contributed by atoms with E-state index in [1.165, 1.54) is 0 Å². The van der Waals surface area contributed by atoms with E-state index in [-0.39, 0.29) is 6.10 Å². The number of hydrogen-bond donors (Lipinski definition) is 1. The van der Waals surface area contributed by atoms with Crippen LogP contribution in [0.1, 0.15) is 17.2 Å². The molecule has 1 atom stereocenters. The minimum atomic E-state index is -0.0427. The summed E-state index contributed by atoms with van der Waals surface area (Å²) in [6, 6.07) is 18.0. The van der Waals surface area contributed by atoms with Gasteiger partial charge in [-0.1, -0.05) is 60.1 Å². The summed E-state index contributed by atoms with van der Waals surface area (Å²) in [7, 11) is 1.91. The van der Waals surface area contributed by atoms with Crippen molar-refractivity contribution in [3.8, 4) is 0 Å². The second-order valence-electron chi connectivity index (χ2n) is 4.36. The Bertz CT molecular complexity index is 501. The topological polar surface area (TPSA) is 21.3 Å². The molecular formula is C16H18ClNO. The van der Waals surface area contributed by atoms with Crippen molar-refractivity contribution in [3.63, 3.8) is 0 Å². The Hall–Kier alpha value is -1.35. The molecule has 0 aliphatic carbocycles. The van der Waals surface area contributed by atoms with Gasteiger partial charge in [0, 0.05) is 17.1 Å². The Morgan fingerprint density at radius 1 is 1.05 bits per heavy atom. The van der Waals surface area contributed by atoms with E-state index in [1.807, 2.05) is 49.5 Å². The highest BCUT2D eigenvalue weighted by Gasteiger charge is 2.14. The van der Waals surface area contributed by atoms with E-state index in [0.717, 1.165) is 22.7 Å². The molecule has 2 nitrogen and oxygen atoms in total. The maximum atomic E-state index is 6.23. The van der Waals surface area contributed by atoms with Gasteiger partial charge in [0.1, 0.15) is 0 Å². The smallest absolute Gasteiger partial charge is 0.0968 e. The molecule has 19 heavy (non-hydrogen) atoms. The number of hydrogen-bond acceptors (Lipinski definition) is 2. The Morgan fingerprint density at radius 3 is 2.42 bits per heavy atom. The van der Waals surface area contributed by atoms with Crippen molar-refractivity contribution in [2.75, 3.05) is 13.6 Å². The van der Waals surface area contributed by atoms with Crippen LogP contribution in [0.25, 0.3) is 0 Å². The van der Waals surface area contributed by atoms with Gasteiger partial charge in [0.2, 0.25) is 0 Å². The zero-order chi connectivity index (χ0) is 13.5. The predicted octanol–water partition coefficient (Wildman–Crippen LogP) is 3.82. The Morgan fingerprint density at radius 2 is 1.74 bits per heavy atom. The third kappa shape index (κ3) is 4.06. The lowest BCUT2D eigenvalue weighted by atomic mass is 10.1. The molecule has 0 aliphatic heterocycles. The van der Waals surface area contributed by atoms with Gasteiger partial charge in [-0.3, -0.25) is 0 Å². The van der Waals surface area contributed by atoms with Crippen molar-refractivity contribution in [3.05, 3.63) is 70.7 Å². The van der Waals surface area contributed by atoms with Gasteiger partial charge >= 0.3 is 0 Å². The Kier molecular flexibility index (Phi) is 5.40. The van der Waals surface area contributed by atoms with E-state index < -0.39 is 0 Å². The summed E-state index contributed by atoms with van der Waals surface area (Å²) in [5, 5.41) is 3.89. The van der Waals surface area contributed by atoms with Gasteiger partial charge in [0.25, 0.3) is 0 Å². The summed E-state index contributed by atoms with van der Waals surface area (Å²) >= 11 is 6.23. The molecule has 0 heterocycles. The molecule has 2 rings (SSSR count). The van der Waals surface area contributed by atoms with Crippen molar-refractivity contribution in [1.82, 2.24) is 5.32 Å². The van der Waals surface area contributed by atoms with Crippen molar-refractivity contribution in [2.45, 2.75) is 12.7 Å². The average molecular weight is 276 g/mol. The normalized spacial score (nSPS) is 12.3. The van der Waals surface area contributed by atoms with Crippen LogP contribution in [0.4, 0.5) is 0 Å². The van der Waals surface area contributed by atoms with E-state index in [9.17, 15) is 0 Å². The first-order valence-corrected chi connectivity index (χ1v) is 6.73. The molecule has 2 aromatic rings. The molecule has 0 saturated heterocycles. The number of halogens is 1. The molecule has 0 radical (unpaired) electrons. The molecular weight excluding hydrogens is 258 g/mol. The molecule has 0 amide bonds. The van der Waals surface area contributed by atoms with Gasteiger partial charge in [0.05, 0.1) is 12.7 Å². The van der Waals surface area contributed by atoms with Crippen LogP contribution in [-0.2, 0) is 11.3 Å². The van der Waals surface area contributed by atoms with Crippen molar-refractivity contribution in [1.29, 1.82) is 0 Å². The summed E-state index contributed by atoms with van der Waals surface area (Å²) in [5.74, 6) is 0. The zero-order valence-corrected chi connectivity index (χ0v) is 11.7. The average Bonchev–Trinajstić information content (AvgIpc) is 2.45. The summed E-state index contributed by atoms with van der Waals surface area (Å²) < 4.78 is 5.99. The zero-order valence-electron chi connectivity index (χ0n) is 11.0. The van der Waals surface area contributed by atoms with E-state index >= 15 is 0 Å². The maximum absolute atomic E-state index is 6.23. The van der Waals surface area contributed by atoms with E-state index in [4.69, 9.17) is 16.3 Å². The fraction of sp³-hybridized carbons (Fsp3) is 0.250. The van der Waals surface area contributed by atoms with Gasteiger partial charge in [-0.2, -0.15) is 0 Å². The SMILES string of the molecule is CNCC(OCc1ccccc1)c1ccccc1Cl. The van der Waals surface area contributed by atoms with Crippen molar-refractivity contribution >= 4 is 11.6 Å². The number of nitrogens with one attached hydrogen (secondary N) is 1. The first-order valence-electron chi connectivity index (χ1n) is 6.36. The van der Waals surface area contributed by atoms with E-state index in [0.29, 0.717) is 6.61 Å². The molecule has 0 spiro atoms. The first kappa shape index (κ1) is 14.1. The van der Waals surface area contributed by atoms with E-state index in [2.05, 4.69) is 17.4 Å². The lowest BCUT2D eigenvalue weighted by Crippen LogP contribution is -2.20. The molecule has 100 valence electrons. The Labute approximate surface area is 119 Å². The van der Waals surface area contributed by atoms with Gasteiger partial charge in [-0.15, -0.1) is 0 Å². The predicted molar refractivity (Wildman–Crippen MR) is 79.4 cm³/mol. The quantitative estimate of drug-likeness (QED) is 0.865. The van der Waals surface area contributed by atoms with E-state index in [1.54, 1.807) is 0 Å². The third-order valence-electron chi connectivity index (χ3n) is 2.94. The number of benzene rings is 2. The summed E-state index contributed by atoms with van der Waals surface area (Å²) in [6.45, 7) is 1.31. The van der Waals surface area contributed by atoms with Crippen LogP contribution in [-0.4, -0.2) is 13.6 Å². The maximum Gasteiger partial charge on any atom is 0.0968 e. The lowest BCUT2D eigenvalue weighted by Gasteiger charge is -2.19. The monoisotopic (exact) mass is 275 g/mol. The van der Waals surface area contributed by atoms with Gasteiger partial charge in [0.15, 0.2) is 0 Å². The molecule has 1 unspecified atom stereocenters. The van der Waals surface area contributed by atoms with Crippen LogP contribution in [0.15, 0.2) is 54.6 Å². The molecule has 0 aliphatic rings. The minimum Gasteiger partial charge on any atom is -0.367 e. The fourth-order valence-corrected chi connectivity index (χ4v) is 2.21. The summed E-state index contributed by atoms with van der Waals surface area (Å²) in [5.41, 5.74) is 2.19.